The van der Waals surface area contributed by atoms with Crippen molar-refractivity contribution in [3.63, 3.8) is 0 Å². The van der Waals surface area contributed by atoms with E-state index in [1.54, 1.807) is 5.48 Å². The van der Waals surface area contributed by atoms with E-state index in [1.165, 1.54) is 16.7 Å². The average Bonchev–Trinajstić information content (AvgIpc) is 3.45. The lowest BCUT2D eigenvalue weighted by Gasteiger charge is -2.42. The van der Waals surface area contributed by atoms with Gasteiger partial charge in [-0.15, -0.1) is 4.99 Å². The molecular formula is C28H32N6O3. The summed E-state index contributed by atoms with van der Waals surface area (Å²) in [5.41, 5.74) is 5.47. The number of fused-ring (bicyclic) bond motifs is 1. The van der Waals surface area contributed by atoms with E-state index in [4.69, 9.17) is 0 Å². The summed E-state index contributed by atoms with van der Waals surface area (Å²) in [5.74, 6) is -1.11. The molecule has 2 saturated heterocycles. The van der Waals surface area contributed by atoms with Gasteiger partial charge in [0.15, 0.2) is 0 Å². The number of rotatable bonds is 3. The number of amides is 2. The zero-order valence-electron chi connectivity index (χ0n) is 20.8. The summed E-state index contributed by atoms with van der Waals surface area (Å²) < 4.78 is 0. The van der Waals surface area contributed by atoms with Gasteiger partial charge in [0.05, 0.1) is 11.8 Å². The second kappa shape index (κ2) is 11.0. The number of hydrogen-bond acceptors (Lipinski definition) is 5. The molecule has 9 heteroatoms. The van der Waals surface area contributed by atoms with Crippen LogP contribution in [0, 0.1) is 23.3 Å². The number of hydrogen-bond donors (Lipinski definition) is 2. The van der Waals surface area contributed by atoms with E-state index in [9.17, 15) is 20.1 Å². The van der Waals surface area contributed by atoms with Crippen molar-refractivity contribution < 1.29 is 14.8 Å². The van der Waals surface area contributed by atoms with Crippen LogP contribution in [0.15, 0.2) is 59.6 Å². The third-order valence-electron chi connectivity index (χ3n) is 7.99. The van der Waals surface area contributed by atoms with Crippen LogP contribution in [0.4, 0.5) is 0 Å². The first-order chi connectivity index (χ1) is 18.1. The van der Waals surface area contributed by atoms with E-state index < -0.39 is 17.7 Å². The fourth-order valence-electron chi connectivity index (χ4n) is 6.02. The van der Waals surface area contributed by atoms with Crippen LogP contribution in [0.5, 0.6) is 0 Å². The highest BCUT2D eigenvalue weighted by Crippen LogP contribution is 2.32. The molecule has 2 aromatic rings. The highest BCUT2D eigenvalue weighted by atomic mass is 16.5. The third kappa shape index (κ3) is 5.16. The lowest BCUT2D eigenvalue weighted by atomic mass is 9.83. The zero-order valence-corrected chi connectivity index (χ0v) is 20.8. The molecule has 0 aliphatic carbocycles. The van der Waals surface area contributed by atoms with Gasteiger partial charge in [0.2, 0.25) is 24.0 Å². The molecule has 0 spiro atoms. The molecule has 3 heterocycles. The normalized spacial score (nSPS) is 23.8. The van der Waals surface area contributed by atoms with Crippen LogP contribution in [-0.2, 0) is 22.6 Å². The van der Waals surface area contributed by atoms with Crippen molar-refractivity contribution in [1.29, 1.82) is 5.26 Å². The molecule has 0 aromatic heterocycles. The topological polar surface area (TPSA) is 112 Å². The van der Waals surface area contributed by atoms with Crippen LogP contribution in [0.2, 0.25) is 0 Å². The minimum absolute atomic E-state index is 0.0441. The Kier molecular flexibility index (Phi) is 7.37. The molecule has 3 aliphatic heterocycles. The molecular weight excluding hydrogens is 468 g/mol. The maximum atomic E-state index is 13.6. The van der Waals surface area contributed by atoms with Crippen LogP contribution >= 0.6 is 0 Å². The van der Waals surface area contributed by atoms with Crippen LogP contribution in [-0.4, -0.2) is 70.4 Å². The van der Waals surface area contributed by atoms with Gasteiger partial charge in [-0.1, -0.05) is 54.6 Å². The first-order valence-corrected chi connectivity index (χ1v) is 12.9. The monoisotopic (exact) mass is 500 g/mol. The molecule has 192 valence electrons. The van der Waals surface area contributed by atoms with Gasteiger partial charge >= 0.3 is 0 Å². The zero-order chi connectivity index (χ0) is 25.8. The van der Waals surface area contributed by atoms with Gasteiger partial charge in [-0.3, -0.25) is 14.8 Å². The van der Waals surface area contributed by atoms with Crippen molar-refractivity contribution >= 4 is 17.8 Å². The number of hydroxylamine groups is 1. The van der Waals surface area contributed by atoms with Crippen molar-refractivity contribution in [2.45, 2.75) is 31.7 Å². The van der Waals surface area contributed by atoms with Crippen LogP contribution < -0.4 is 5.48 Å². The number of carbonyl (C=O) groups excluding carboxylic acids is 2. The van der Waals surface area contributed by atoms with Gasteiger partial charge in [-0.2, -0.15) is 5.26 Å². The Morgan fingerprint density at radius 1 is 0.892 bits per heavy atom. The molecule has 2 aromatic carbocycles. The number of nitrogens with zero attached hydrogens (tertiary/aromatic N) is 5. The van der Waals surface area contributed by atoms with E-state index in [2.05, 4.69) is 34.2 Å². The van der Waals surface area contributed by atoms with Gasteiger partial charge in [0.1, 0.15) is 0 Å². The quantitative estimate of drug-likeness (QED) is 0.220. The first-order valence-electron chi connectivity index (χ1n) is 12.9. The number of piperidine rings is 1. The van der Waals surface area contributed by atoms with Crippen LogP contribution in [0.1, 0.15) is 35.4 Å². The van der Waals surface area contributed by atoms with Crippen molar-refractivity contribution in [3.8, 4) is 6.19 Å². The van der Waals surface area contributed by atoms with Crippen molar-refractivity contribution in [2.75, 3.05) is 32.7 Å². The second-order valence-corrected chi connectivity index (χ2v) is 10.1. The number of aliphatic imine (C=N–C) groups is 1. The lowest BCUT2D eigenvalue weighted by molar-refractivity contribution is -0.147. The van der Waals surface area contributed by atoms with E-state index in [-0.39, 0.29) is 18.4 Å². The Balaban J connectivity index is 1.30. The predicted molar refractivity (Wildman–Crippen MR) is 137 cm³/mol. The minimum atomic E-state index is -0.747. The maximum absolute atomic E-state index is 13.6. The smallest absolute Gasteiger partial charge is 0.249 e. The molecule has 0 radical (unpaired) electrons. The molecule has 37 heavy (non-hydrogen) atoms. The summed E-state index contributed by atoms with van der Waals surface area (Å²) in [6.07, 6.45) is 4.10. The van der Waals surface area contributed by atoms with E-state index >= 15 is 0 Å². The first kappa shape index (κ1) is 24.8. The molecule has 2 N–H and O–H groups in total. The summed E-state index contributed by atoms with van der Waals surface area (Å²) >= 11 is 0. The van der Waals surface area contributed by atoms with Gasteiger partial charge < -0.3 is 14.7 Å². The van der Waals surface area contributed by atoms with E-state index in [0.29, 0.717) is 45.1 Å². The summed E-state index contributed by atoms with van der Waals surface area (Å²) in [5, 5.41) is 18.9. The molecule has 0 saturated carbocycles. The number of guanidine groups is 1. The van der Waals surface area contributed by atoms with Crippen molar-refractivity contribution in [3.05, 3.63) is 71.3 Å². The summed E-state index contributed by atoms with van der Waals surface area (Å²) in [6, 6.07) is 18.4. The minimum Gasteiger partial charge on any atom is -0.342 e. The fourth-order valence-corrected chi connectivity index (χ4v) is 6.02. The summed E-state index contributed by atoms with van der Waals surface area (Å²) in [4.78, 5) is 36.4. The molecule has 0 unspecified atom stereocenters. The van der Waals surface area contributed by atoms with Crippen LogP contribution in [0.25, 0.3) is 0 Å². The van der Waals surface area contributed by atoms with Crippen molar-refractivity contribution in [2.24, 2.45) is 16.8 Å². The van der Waals surface area contributed by atoms with Gasteiger partial charge in [0, 0.05) is 45.2 Å². The highest BCUT2D eigenvalue weighted by Gasteiger charge is 2.43. The highest BCUT2D eigenvalue weighted by molar-refractivity contribution is 5.89. The molecule has 2 amide bonds. The fraction of sp³-hybridized carbons (Fsp3) is 0.429. The Bertz CT molecular complexity index is 1210. The molecule has 9 nitrogen and oxygen atoms in total. The molecule has 0 bridgehead atoms. The Morgan fingerprint density at radius 2 is 1.62 bits per heavy atom. The molecule has 2 fully saturated rings. The lowest BCUT2D eigenvalue weighted by Crippen LogP contribution is -2.56. The standard InChI is InChI=1S/C28H32N6O3/c29-19-30-28(33-14-10-21-8-4-5-9-22(21)17-33)34-15-12-24(25(18-34)26(35)31-37)27(36)32-13-11-23(16-32)20-6-2-1-3-7-20/h1-9,23-25,37H,10-18H2,(H,31,35)/b30-28+/t23-,24-,25-/m0/s1. The summed E-state index contributed by atoms with van der Waals surface area (Å²) in [6.45, 7) is 3.33. The van der Waals surface area contributed by atoms with E-state index in [0.717, 1.165) is 12.8 Å². The van der Waals surface area contributed by atoms with Crippen LogP contribution in [0.3, 0.4) is 0 Å². The Labute approximate surface area is 216 Å². The largest absolute Gasteiger partial charge is 0.342 e. The molecule has 3 atom stereocenters. The summed E-state index contributed by atoms with van der Waals surface area (Å²) in [7, 11) is 0. The maximum Gasteiger partial charge on any atom is 0.249 e. The van der Waals surface area contributed by atoms with Gasteiger partial charge in [0.25, 0.3) is 0 Å². The third-order valence-corrected chi connectivity index (χ3v) is 7.99. The molecule has 3 aliphatic rings. The Morgan fingerprint density at radius 3 is 2.38 bits per heavy atom. The number of nitrogens with one attached hydrogen (secondary N) is 1. The van der Waals surface area contributed by atoms with Gasteiger partial charge in [-0.25, -0.2) is 5.48 Å². The van der Waals surface area contributed by atoms with E-state index in [1.807, 2.05) is 46.3 Å². The predicted octanol–water partition coefficient (Wildman–Crippen LogP) is 2.34. The number of benzene rings is 2. The number of carbonyl (C=O) groups is 2. The number of likely N-dealkylation sites (tertiary alicyclic amines) is 2. The Hall–Kier alpha value is -3.90. The van der Waals surface area contributed by atoms with Gasteiger partial charge in [-0.05, 0) is 36.0 Å². The molecule has 5 rings (SSSR count). The second-order valence-electron chi connectivity index (χ2n) is 10.1. The number of nitriles is 1. The van der Waals surface area contributed by atoms with Crippen molar-refractivity contribution in [1.82, 2.24) is 20.2 Å². The SMILES string of the molecule is N#C/N=C(\N1CCc2ccccc2C1)N1CC[C@H](C(=O)N2CC[C@H](c3ccccc3)C2)[C@@H](C(=O)NO)C1. The average molecular weight is 501 g/mol.